The topological polar surface area (TPSA) is 17.1 Å². The largest absolute Gasteiger partial charge is 0.293 e. The van der Waals surface area contributed by atoms with E-state index >= 15 is 0 Å². The van der Waals surface area contributed by atoms with Gasteiger partial charge in [0.25, 0.3) is 0 Å². The predicted octanol–water partition coefficient (Wildman–Crippen LogP) is 3.29. The van der Waals surface area contributed by atoms with Gasteiger partial charge in [-0.05, 0) is 35.8 Å². The van der Waals surface area contributed by atoms with Crippen molar-refractivity contribution in [1.82, 2.24) is 0 Å². The van der Waals surface area contributed by atoms with Crippen LogP contribution in [0.5, 0.6) is 0 Å². The molecule has 2 rings (SSSR count). The molecule has 1 fully saturated rings. The molecule has 1 aromatic heterocycles. The van der Waals surface area contributed by atoms with Crippen LogP contribution in [0.4, 0.5) is 0 Å². The zero-order chi connectivity index (χ0) is 9.64. The summed E-state index contributed by atoms with van der Waals surface area (Å²) in [6.07, 6.45) is 1.06. The number of thiophene rings is 1. The van der Waals surface area contributed by atoms with Crippen molar-refractivity contribution in [3.05, 3.63) is 21.9 Å². The van der Waals surface area contributed by atoms with E-state index in [9.17, 15) is 4.79 Å². The van der Waals surface area contributed by atoms with Gasteiger partial charge in [-0.15, -0.1) is 11.3 Å². The molecule has 0 radical (unpaired) electrons. The van der Waals surface area contributed by atoms with Crippen molar-refractivity contribution in [2.75, 3.05) is 0 Å². The molecule has 1 aliphatic carbocycles. The molecule has 1 nitrogen and oxygen atoms in total. The zero-order valence-corrected chi connectivity index (χ0v) is 9.07. The molecule has 1 saturated carbocycles. The van der Waals surface area contributed by atoms with Gasteiger partial charge < -0.3 is 0 Å². The highest BCUT2D eigenvalue weighted by molar-refractivity contribution is 7.12. The minimum absolute atomic E-state index is 0.257. The fourth-order valence-electron chi connectivity index (χ4n) is 1.70. The number of rotatable bonds is 2. The van der Waals surface area contributed by atoms with E-state index in [1.54, 1.807) is 11.3 Å². The van der Waals surface area contributed by atoms with Gasteiger partial charge in [-0.2, -0.15) is 0 Å². The molecule has 0 aliphatic heterocycles. The summed E-state index contributed by atoms with van der Waals surface area (Å²) >= 11 is 1.58. The summed E-state index contributed by atoms with van der Waals surface area (Å²) in [5.41, 5.74) is 1.39. The summed E-state index contributed by atoms with van der Waals surface area (Å²) in [4.78, 5) is 12.9. The van der Waals surface area contributed by atoms with Gasteiger partial charge in [0.2, 0.25) is 0 Å². The molecule has 1 aromatic rings. The van der Waals surface area contributed by atoms with Gasteiger partial charge in [0.05, 0.1) is 4.88 Å². The van der Waals surface area contributed by atoms with Gasteiger partial charge in [0.15, 0.2) is 5.78 Å². The first-order valence-electron chi connectivity index (χ1n) is 4.61. The van der Waals surface area contributed by atoms with Crippen LogP contribution in [0.2, 0.25) is 0 Å². The van der Waals surface area contributed by atoms with E-state index in [0.717, 1.165) is 16.9 Å². The van der Waals surface area contributed by atoms with Crippen LogP contribution in [0.15, 0.2) is 11.4 Å². The lowest BCUT2D eigenvalue weighted by molar-refractivity contribution is 0.0957. The maximum Gasteiger partial charge on any atom is 0.176 e. The Balaban J connectivity index is 2.21. The minimum atomic E-state index is 0.257. The van der Waals surface area contributed by atoms with Crippen LogP contribution in [-0.4, -0.2) is 5.78 Å². The highest BCUT2D eigenvalue weighted by atomic mass is 32.1. The molecule has 0 aromatic carbocycles. The Morgan fingerprint density at radius 1 is 1.62 bits per heavy atom. The Labute approximate surface area is 82.8 Å². The molecule has 13 heavy (non-hydrogen) atoms. The Hall–Kier alpha value is -0.630. The van der Waals surface area contributed by atoms with Crippen molar-refractivity contribution >= 4 is 17.1 Å². The zero-order valence-electron chi connectivity index (χ0n) is 8.26. The van der Waals surface area contributed by atoms with Crippen molar-refractivity contribution in [2.24, 2.45) is 11.3 Å². The number of hydrogen-bond acceptors (Lipinski definition) is 2. The highest BCUT2D eigenvalue weighted by Gasteiger charge is 2.50. The predicted molar refractivity (Wildman–Crippen MR) is 55.3 cm³/mol. The van der Waals surface area contributed by atoms with E-state index in [2.05, 4.69) is 13.8 Å². The molecule has 0 N–H and O–H groups in total. The van der Waals surface area contributed by atoms with Crippen LogP contribution >= 0.6 is 11.3 Å². The van der Waals surface area contributed by atoms with E-state index in [4.69, 9.17) is 0 Å². The smallest absolute Gasteiger partial charge is 0.176 e. The molecule has 0 amide bonds. The van der Waals surface area contributed by atoms with Gasteiger partial charge in [0.1, 0.15) is 0 Å². The molecule has 0 saturated heterocycles. The highest BCUT2D eigenvalue weighted by Crippen LogP contribution is 2.53. The minimum Gasteiger partial charge on any atom is -0.293 e. The number of aryl methyl sites for hydroxylation is 1. The fourth-order valence-corrected chi connectivity index (χ4v) is 2.62. The van der Waals surface area contributed by atoms with Crippen molar-refractivity contribution in [3.63, 3.8) is 0 Å². The molecule has 0 bridgehead atoms. The van der Waals surface area contributed by atoms with Gasteiger partial charge in [-0.3, -0.25) is 4.79 Å². The number of hydrogen-bond donors (Lipinski definition) is 0. The molecule has 1 heterocycles. The summed E-state index contributed by atoms with van der Waals surface area (Å²) in [7, 11) is 0. The van der Waals surface area contributed by atoms with E-state index in [0.29, 0.717) is 5.78 Å². The van der Waals surface area contributed by atoms with E-state index in [1.165, 1.54) is 0 Å². The lowest BCUT2D eigenvalue weighted by atomic mass is 10.0. The normalized spacial score (nSPS) is 24.4. The number of Topliss-reactive ketones (excluding diaryl/α,β-unsaturated/α-hetero) is 1. The lowest BCUT2D eigenvalue weighted by Gasteiger charge is -2.01. The van der Waals surface area contributed by atoms with Gasteiger partial charge in [-0.25, -0.2) is 0 Å². The molecule has 70 valence electrons. The van der Waals surface area contributed by atoms with Crippen molar-refractivity contribution in [3.8, 4) is 0 Å². The second-order valence-electron chi connectivity index (χ2n) is 4.54. The Kier molecular flexibility index (Phi) is 1.84. The van der Waals surface area contributed by atoms with E-state index in [1.807, 2.05) is 18.4 Å². The maximum atomic E-state index is 11.9. The Morgan fingerprint density at radius 2 is 2.23 bits per heavy atom. The summed E-state index contributed by atoms with van der Waals surface area (Å²) in [5.74, 6) is 0.641. The third kappa shape index (κ3) is 1.44. The molecule has 2 heteroatoms. The van der Waals surface area contributed by atoms with Crippen molar-refractivity contribution < 1.29 is 4.79 Å². The summed E-state index contributed by atoms with van der Waals surface area (Å²) in [6, 6.07) is 2.02. The standard InChI is InChI=1S/C11H14OS/c1-7-4-5-13-10(7)9(12)8-6-11(8,2)3/h4-5,8H,6H2,1-3H3. The molecular formula is C11H14OS. The Bertz CT molecular complexity index is 349. The van der Waals surface area contributed by atoms with Crippen molar-refractivity contribution in [2.45, 2.75) is 27.2 Å². The SMILES string of the molecule is Cc1ccsc1C(=O)C1CC1(C)C. The van der Waals surface area contributed by atoms with Crippen LogP contribution in [-0.2, 0) is 0 Å². The third-order valence-electron chi connectivity index (χ3n) is 2.92. The van der Waals surface area contributed by atoms with Crippen LogP contribution in [0.1, 0.15) is 35.5 Å². The summed E-state index contributed by atoms with van der Waals surface area (Å²) < 4.78 is 0. The fraction of sp³-hybridized carbons (Fsp3) is 0.545. The van der Waals surface area contributed by atoms with Crippen LogP contribution in [0.25, 0.3) is 0 Å². The van der Waals surface area contributed by atoms with Gasteiger partial charge >= 0.3 is 0 Å². The first kappa shape index (κ1) is 8.95. The first-order chi connectivity index (χ1) is 6.02. The van der Waals surface area contributed by atoms with E-state index < -0.39 is 0 Å². The first-order valence-corrected chi connectivity index (χ1v) is 5.48. The molecular weight excluding hydrogens is 180 g/mol. The second kappa shape index (κ2) is 2.68. The quantitative estimate of drug-likeness (QED) is 0.660. The van der Waals surface area contributed by atoms with Gasteiger partial charge in [-0.1, -0.05) is 13.8 Å². The summed E-state index contributed by atoms with van der Waals surface area (Å²) in [5, 5.41) is 2.00. The molecule has 1 unspecified atom stereocenters. The monoisotopic (exact) mass is 194 g/mol. The number of ketones is 1. The molecule has 0 spiro atoms. The number of carbonyl (C=O) groups is 1. The van der Waals surface area contributed by atoms with Gasteiger partial charge in [0, 0.05) is 5.92 Å². The third-order valence-corrected chi connectivity index (χ3v) is 3.95. The molecule has 1 aliphatic rings. The van der Waals surface area contributed by atoms with E-state index in [-0.39, 0.29) is 11.3 Å². The lowest BCUT2D eigenvalue weighted by Crippen LogP contribution is -2.05. The van der Waals surface area contributed by atoms with Crippen molar-refractivity contribution in [1.29, 1.82) is 0 Å². The Morgan fingerprint density at radius 3 is 2.62 bits per heavy atom. The van der Waals surface area contributed by atoms with Crippen LogP contribution in [0, 0.1) is 18.3 Å². The summed E-state index contributed by atoms with van der Waals surface area (Å²) in [6.45, 7) is 6.34. The maximum absolute atomic E-state index is 11.9. The van der Waals surface area contributed by atoms with Crippen LogP contribution < -0.4 is 0 Å². The number of carbonyl (C=O) groups excluding carboxylic acids is 1. The molecule has 1 atom stereocenters. The second-order valence-corrected chi connectivity index (χ2v) is 5.46. The average molecular weight is 194 g/mol. The van der Waals surface area contributed by atoms with Crippen LogP contribution in [0.3, 0.4) is 0 Å². The average Bonchev–Trinajstić information content (AvgIpc) is 2.49.